The van der Waals surface area contributed by atoms with Gasteiger partial charge in [-0.2, -0.15) is 13.2 Å². The number of thioether (sulfide) groups is 1. The van der Waals surface area contributed by atoms with Gasteiger partial charge in [-0.05, 0) is 17.5 Å². The summed E-state index contributed by atoms with van der Waals surface area (Å²) >= 11 is 7.15. The van der Waals surface area contributed by atoms with E-state index in [4.69, 9.17) is 11.6 Å². The van der Waals surface area contributed by atoms with Crippen LogP contribution in [-0.2, 0) is 10.5 Å². The Hall–Kier alpha value is -1.38. The van der Waals surface area contributed by atoms with Crippen LogP contribution < -0.4 is 5.43 Å². The normalized spacial score (nSPS) is 22.2. The first-order valence-corrected chi connectivity index (χ1v) is 9.48. The van der Waals surface area contributed by atoms with Crippen LogP contribution in [0.3, 0.4) is 0 Å². The van der Waals surface area contributed by atoms with Crippen LogP contribution in [0.4, 0.5) is 13.2 Å². The van der Waals surface area contributed by atoms with Crippen LogP contribution >= 0.6 is 23.4 Å². The number of hydrogen-bond acceptors (Lipinski definition) is 4. The number of rotatable bonds is 5. The molecule has 1 heterocycles. The van der Waals surface area contributed by atoms with Crippen LogP contribution in [-0.4, -0.2) is 33.7 Å². The smallest absolute Gasteiger partial charge is 0.362 e. The average molecular weight is 409 g/mol. The predicted molar refractivity (Wildman–Crippen MR) is 96.1 cm³/mol. The lowest BCUT2D eigenvalue weighted by Crippen LogP contribution is -2.60. The van der Waals surface area contributed by atoms with Gasteiger partial charge in [0.15, 0.2) is 0 Å². The highest BCUT2D eigenvalue weighted by atomic mass is 35.5. The minimum absolute atomic E-state index is 0.0281. The highest BCUT2D eigenvalue weighted by Gasteiger charge is 2.63. The maximum atomic E-state index is 13.4. The number of benzene rings is 1. The van der Waals surface area contributed by atoms with Gasteiger partial charge in [0.2, 0.25) is 0 Å². The van der Waals surface area contributed by atoms with Gasteiger partial charge >= 0.3 is 6.18 Å². The molecule has 144 valence electrons. The molecule has 26 heavy (non-hydrogen) atoms. The number of carbonyl (C=O) groups excluding carboxylic acids is 1. The number of nitrogens with one attached hydrogen (secondary N) is 1. The van der Waals surface area contributed by atoms with Crippen LogP contribution in [0.5, 0.6) is 0 Å². The average Bonchev–Trinajstić information content (AvgIpc) is 2.86. The summed E-state index contributed by atoms with van der Waals surface area (Å²) in [5.41, 5.74) is 0.116. The molecule has 9 heteroatoms. The van der Waals surface area contributed by atoms with Gasteiger partial charge in [0, 0.05) is 22.9 Å². The van der Waals surface area contributed by atoms with Crippen molar-refractivity contribution in [2.45, 2.75) is 37.9 Å². The molecule has 0 aliphatic carbocycles. The molecule has 1 aliphatic rings. The van der Waals surface area contributed by atoms with Crippen molar-refractivity contribution in [2.24, 2.45) is 5.92 Å². The van der Waals surface area contributed by atoms with Gasteiger partial charge in [0.05, 0.1) is 5.75 Å². The minimum Gasteiger partial charge on any atom is -0.362 e. The van der Waals surface area contributed by atoms with Crippen LogP contribution in [0, 0.1) is 5.92 Å². The van der Waals surface area contributed by atoms with E-state index in [9.17, 15) is 23.1 Å². The number of nitrogens with zero attached hydrogens (tertiary/aromatic N) is 1. The van der Waals surface area contributed by atoms with Crippen molar-refractivity contribution in [3.63, 3.8) is 0 Å². The van der Waals surface area contributed by atoms with E-state index in [0.717, 1.165) is 17.3 Å². The summed E-state index contributed by atoms with van der Waals surface area (Å²) in [6.07, 6.45) is -4.13. The molecule has 0 bridgehead atoms. The van der Waals surface area contributed by atoms with Crippen molar-refractivity contribution in [3.8, 4) is 0 Å². The van der Waals surface area contributed by atoms with Gasteiger partial charge in [-0.25, -0.2) is 5.01 Å². The fourth-order valence-corrected chi connectivity index (χ4v) is 3.70. The summed E-state index contributed by atoms with van der Waals surface area (Å²) in [5.74, 6) is -0.738. The molecule has 1 aliphatic heterocycles. The second kappa shape index (κ2) is 8.10. The van der Waals surface area contributed by atoms with E-state index in [0.29, 0.717) is 15.8 Å². The lowest BCUT2D eigenvalue weighted by atomic mass is 10.1. The molecular weight excluding hydrogens is 389 g/mol. The molecule has 1 atom stereocenters. The topological polar surface area (TPSA) is 52.6 Å². The summed E-state index contributed by atoms with van der Waals surface area (Å²) < 4.78 is 40.1. The number of carbonyl (C=O) groups is 1. The van der Waals surface area contributed by atoms with Crippen molar-refractivity contribution in [1.29, 1.82) is 0 Å². The van der Waals surface area contributed by atoms with E-state index in [1.165, 1.54) is 0 Å². The Morgan fingerprint density at radius 3 is 2.69 bits per heavy atom. The van der Waals surface area contributed by atoms with Gasteiger partial charge in [0.25, 0.3) is 11.6 Å². The van der Waals surface area contributed by atoms with Crippen molar-refractivity contribution in [3.05, 3.63) is 46.6 Å². The molecular formula is C17H20ClF3N2O2S. The van der Waals surface area contributed by atoms with E-state index in [-0.39, 0.29) is 17.4 Å². The van der Waals surface area contributed by atoms with E-state index < -0.39 is 24.2 Å². The summed E-state index contributed by atoms with van der Waals surface area (Å²) in [4.78, 5) is 12.3. The molecule has 1 fully saturated rings. The number of aliphatic hydroxyl groups is 1. The third-order valence-electron chi connectivity index (χ3n) is 3.74. The van der Waals surface area contributed by atoms with Gasteiger partial charge in [-0.1, -0.05) is 49.7 Å². The van der Waals surface area contributed by atoms with Crippen molar-refractivity contribution in [2.75, 3.05) is 5.75 Å². The van der Waals surface area contributed by atoms with Crippen LogP contribution in [0.25, 0.3) is 0 Å². The van der Waals surface area contributed by atoms with Gasteiger partial charge in [-0.3, -0.25) is 10.2 Å². The Morgan fingerprint density at radius 2 is 2.12 bits per heavy atom. The Labute approximate surface area is 159 Å². The highest BCUT2D eigenvalue weighted by molar-refractivity contribution is 7.99. The fourth-order valence-electron chi connectivity index (χ4n) is 2.54. The number of allylic oxidation sites excluding steroid dienone is 1. The second-order valence-corrected chi connectivity index (χ2v) is 7.75. The molecule has 1 aromatic rings. The monoisotopic (exact) mass is 408 g/mol. The number of hydrogen-bond donors (Lipinski definition) is 2. The van der Waals surface area contributed by atoms with Crippen molar-refractivity contribution >= 4 is 29.3 Å². The third-order valence-corrected chi connectivity index (χ3v) is 5.08. The zero-order valence-corrected chi connectivity index (χ0v) is 15.9. The molecule has 1 unspecified atom stereocenters. The molecule has 0 radical (unpaired) electrons. The first-order valence-electron chi connectivity index (χ1n) is 7.95. The predicted octanol–water partition coefficient (Wildman–Crippen LogP) is 4.10. The minimum atomic E-state index is -4.98. The lowest BCUT2D eigenvalue weighted by Gasteiger charge is -2.33. The van der Waals surface area contributed by atoms with E-state index in [1.54, 1.807) is 44.2 Å². The molecule has 1 aromatic carbocycles. The van der Waals surface area contributed by atoms with Crippen LogP contribution in [0.2, 0.25) is 5.02 Å². The maximum Gasteiger partial charge on any atom is 0.438 e. The first-order chi connectivity index (χ1) is 12.0. The van der Waals surface area contributed by atoms with Crippen molar-refractivity contribution in [1.82, 2.24) is 10.4 Å². The Morgan fingerprint density at radius 1 is 1.46 bits per heavy atom. The number of amides is 1. The SMILES string of the molecule is CC(C)C=C1CC(O)(C(F)(F)F)N(C(=O)CSCc2ccccc2Cl)N1. The summed E-state index contributed by atoms with van der Waals surface area (Å²) in [6, 6.07) is 7.04. The summed E-state index contributed by atoms with van der Waals surface area (Å²) in [5, 5.41) is 11.0. The number of hydrazine groups is 1. The van der Waals surface area contributed by atoms with Crippen LogP contribution in [0.1, 0.15) is 25.8 Å². The maximum absolute atomic E-state index is 13.4. The zero-order valence-electron chi connectivity index (χ0n) is 14.3. The molecule has 2 N–H and O–H groups in total. The Kier molecular flexibility index (Phi) is 6.52. The standard InChI is InChI=1S/C17H20ClF3N2O2S/c1-11(2)7-13-8-16(25,17(19,20)21)23(22-13)15(24)10-26-9-12-5-3-4-6-14(12)18/h3-7,11,22,25H,8-10H2,1-2H3. The molecule has 1 amide bonds. The second-order valence-electron chi connectivity index (χ2n) is 6.35. The molecule has 4 nitrogen and oxygen atoms in total. The van der Waals surface area contributed by atoms with E-state index in [2.05, 4.69) is 5.43 Å². The largest absolute Gasteiger partial charge is 0.438 e. The van der Waals surface area contributed by atoms with Crippen LogP contribution in [0.15, 0.2) is 36.0 Å². The lowest BCUT2D eigenvalue weighted by molar-refractivity contribution is -0.304. The molecule has 0 spiro atoms. The van der Waals surface area contributed by atoms with Crippen molar-refractivity contribution < 1.29 is 23.1 Å². The van der Waals surface area contributed by atoms with E-state index >= 15 is 0 Å². The first kappa shape index (κ1) is 20.9. The van der Waals surface area contributed by atoms with E-state index in [1.807, 2.05) is 0 Å². The molecule has 1 saturated heterocycles. The fraction of sp³-hybridized carbons (Fsp3) is 0.471. The quantitative estimate of drug-likeness (QED) is 0.770. The summed E-state index contributed by atoms with van der Waals surface area (Å²) in [6.45, 7) is 3.59. The van der Waals surface area contributed by atoms with Gasteiger partial charge in [0.1, 0.15) is 0 Å². The zero-order chi connectivity index (χ0) is 19.5. The Bertz CT molecular complexity index is 697. The number of alkyl halides is 3. The Balaban J connectivity index is 2.08. The molecule has 0 aromatic heterocycles. The number of halogens is 4. The third kappa shape index (κ3) is 4.66. The van der Waals surface area contributed by atoms with Gasteiger partial charge in [-0.15, -0.1) is 11.8 Å². The summed E-state index contributed by atoms with van der Waals surface area (Å²) in [7, 11) is 0. The van der Waals surface area contributed by atoms with Gasteiger partial charge < -0.3 is 5.11 Å². The molecule has 0 saturated carbocycles. The highest BCUT2D eigenvalue weighted by Crippen LogP contribution is 2.41. The molecule has 2 rings (SSSR count).